The first-order chi connectivity index (χ1) is 9.22. The van der Waals surface area contributed by atoms with E-state index in [9.17, 15) is 9.59 Å². The molecule has 1 aromatic carbocycles. The third-order valence-corrected chi connectivity index (χ3v) is 3.29. The molecule has 1 fully saturated rings. The average Bonchev–Trinajstić information content (AvgIpc) is 2.99. The molecular formula is C14H19ClN2O3. The molecule has 0 aliphatic carbocycles. The van der Waals surface area contributed by atoms with Gasteiger partial charge >= 0.3 is 5.97 Å². The van der Waals surface area contributed by atoms with Crippen molar-refractivity contribution in [2.45, 2.75) is 12.5 Å². The van der Waals surface area contributed by atoms with E-state index in [1.807, 2.05) is 18.2 Å². The topological polar surface area (TPSA) is 67.4 Å². The van der Waals surface area contributed by atoms with Crippen LogP contribution >= 0.6 is 12.4 Å². The molecule has 20 heavy (non-hydrogen) atoms. The van der Waals surface area contributed by atoms with Gasteiger partial charge in [-0.15, -0.1) is 12.4 Å². The Hall–Kier alpha value is -1.59. The zero-order chi connectivity index (χ0) is 13.7. The minimum Gasteiger partial charge on any atom is -0.467 e. The van der Waals surface area contributed by atoms with Gasteiger partial charge in [0.15, 0.2) is 6.04 Å². The van der Waals surface area contributed by atoms with E-state index >= 15 is 0 Å². The van der Waals surface area contributed by atoms with Crippen molar-refractivity contribution in [3.63, 3.8) is 0 Å². The lowest BCUT2D eigenvalue weighted by Crippen LogP contribution is -2.38. The number of ether oxygens (including phenoxy) is 1. The summed E-state index contributed by atoms with van der Waals surface area (Å²) in [5.41, 5.74) is 0.730. The number of halogens is 1. The molecule has 2 rings (SSSR count). The van der Waals surface area contributed by atoms with Gasteiger partial charge in [-0.3, -0.25) is 4.79 Å². The molecule has 0 aromatic heterocycles. The molecule has 1 aromatic rings. The lowest BCUT2D eigenvalue weighted by molar-refractivity contribution is -0.145. The number of hydrogen-bond donors (Lipinski definition) is 2. The van der Waals surface area contributed by atoms with Gasteiger partial charge in [0.05, 0.1) is 13.0 Å². The molecule has 2 unspecified atom stereocenters. The zero-order valence-electron chi connectivity index (χ0n) is 11.3. The first-order valence-electron chi connectivity index (χ1n) is 6.36. The monoisotopic (exact) mass is 298 g/mol. The summed E-state index contributed by atoms with van der Waals surface area (Å²) < 4.78 is 4.76. The van der Waals surface area contributed by atoms with E-state index in [1.54, 1.807) is 12.1 Å². The number of hydrogen-bond acceptors (Lipinski definition) is 4. The van der Waals surface area contributed by atoms with E-state index in [1.165, 1.54) is 7.11 Å². The summed E-state index contributed by atoms with van der Waals surface area (Å²) >= 11 is 0. The van der Waals surface area contributed by atoms with Gasteiger partial charge in [0.2, 0.25) is 5.91 Å². The Morgan fingerprint density at radius 3 is 2.60 bits per heavy atom. The van der Waals surface area contributed by atoms with Gasteiger partial charge < -0.3 is 15.4 Å². The van der Waals surface area contributed by atoms with Gasteiger partial charge in [-0.25, -0.2) is 4.79 Å². The van der Waals surface area contributed by atoms with Crippen LogP contribution in [0.2, 0.25) is 0 Å². The highest BCUT2D eigenvalue weighted by molar-refractivity contribution is 5.87. The third-order valence-electron chi connectivity index (χ3n) is 3.29. The van der Waals surface area contributed by atoms with Crippen molar-refractivity contribution in [3.05, 3.63) is 35.9 Å². The van der Waals surface area contributed by atoms with E-state index in [-0.39, 0.29) is 24.2 Å². The molecule has 2 N–H and O–H groups in total. The van der Waals surface area contributed by atoms with Crippen molar-refractivity contribution in [2.24, 2.45) is 5.92 Å². The second-order valence-corrected chi connectivity index (χ2v) is 4.57. The highest BCUT2D eigenvalue weighted by atomic mass is 35.5. The molecule has 0 radical (unpaired) electrons. The van der Waals surface area contributed by atoms with Crippen LogP contribution in [0.4, 0.5) is 0 Å². The zero-order valence-corrected chi connectivity index (χ0v) is 12.1. The Morgan fingerprint density at radius 2 is 2.05 bits per heavy atom. The molecule has 2 atom stereocenters. The molecule has 110 valence electrons. The number of carbonyl (C=O) groups excluding carboxylic acids is 2. The van der Waals surface area contributed by atoms with E-state index in [0.717, 1.165) is 18.5 Å². The molecule has 0 spiro atoms. The largest absolute Gasteiger partial charge is 0.467 e. The number of methoxy groups -OCH3 is 1. The Kier molecular flexibility index (Phi) is 6.48. The Labute approximate surface area is 124 Å². The summed E-state index contributed by atoms with van der Waals surface area (Å²) in [5, 5.41) is 5.90. The fraction of sp³-hybridized carbons (Fsp3) is 0.429. The van der Waals surface area contributed by atoms with E-state index in [2.05, 4.69) is 10.6 Å². The summed E-state index contributed by atoms with van der Waals surface area (Å²) in [7, 11) is 1.32. The van der Waals surface area contributed by atoms with Crippen LogP contribution in [0.1, 0.15) is 18.0 Å². The Balaban J connectivity index is 0.00000200. The highest BCUT2D eigenvalue weighted by Gasteiger charge is 2.28. The van der Waals surface area contributed by atoms with Crippen LogP contribution in [0, 0.1) is 5.92 Å². The summed E-state index contributed by atoms with van der Waals surface area (Å²) in [6, 6.07) is 8.38. The summed E-state index contributed by atoms with van der Waals surface area (Å²) in [5.74, 6) is -0.634. The molecule has 1 heterocycles. The number of carbonyl (C=O) groups is 2. The quantitative estimate of drug-likeness (QED) is 0.815. The summed E-state index contributed by atoms with van der Waals surface area (Å²) in [4.78, 5) is 23.9. The van der Waals surface area contributed by atoms with Gasteiger partial charge in [0.1, 0.15) is 0 Å². The summed E-state index contributed by atoms with van der Waals surface area (Å²) in [6.45, 7) is 1.50. The molecule has 1 aliphatic heterocycles. The van der Waals surface area contributed by atoms with Crippen molar-refractivity contribution < 1.29 is 14.3 Å². The Morgan fingerprint density at radius 1 is 1.35 bits per heavy atom. The van der Waals surface area contributed by atoms with Crippen molar-refractivity contribution in [1.29, 1.82) is 0 Å². The lowest BCUT2D eigenvalue weighted by Gasteiger charge is -2.18. The fourth-order valence-corrected chi connectivity index (χ4v) is 2.18. The third kappa shape index (κ3) is 3.95. The fourth-order valence-electron chi connectivity index (χ4n) is 2.18. The van der Waals surface area contributed by atoms with Crippen LogP contribution in [0.15, 0.2) is 30.3 Å². The maximum Gasteiger partial charge on any atom is 0.333 e. The lowest BCUT2D eigenvalue weighted by atomic mass is 10.0. The number of amides is 1. The van der Waals surface area contributed by atoms with Crippen LogP contribution < -0.4 is 10.6 Å². The predicted octanol–water partition coefficient (Wildman–Crippen LogP) is 1.05. The van der Waals surface area contributed by atoms with Crippen LogP contribution in [0.3, 0.4) is 0 Å². The average molecular weight is 299 g/mol. The van der Waals surface area contributed by atoms with Crippen LogP contribution in [0.25, 0.3) is 0 Å². The summed E-state index contributed by atoms with van der Waals surface area (Å²) in [6.07, 6.45) is 0.800. The number of nitrogens with one attached hydrogen (secondary N) is 2. The molecule has 1 amide bonds. The molecule has 0 saturated carbocycles. The van der Waals surface area contributed by atoms with Crippen LogP contribution in [0.5, 0.6) is 0 Å². The van der Waals surface area contributed by atoms with E-state index < -0.39 is 12.0 Å². The minimum atomic E-state index is -0.737. The number of benzene rings is 1. The second kappa shape index (κ2) is 7.87. The highest BCUT2D eigenvalue weighted by Crippen LogP contribution is 2.16. The van der Waals surface area contributed by atoms with Gasteiger partial charge in [0, 0.05) is 6.54 Å². The molecule has 6 heteroatoms. The number of esters is 1. The van der Waals surface area contributed by atoms with E-state index in [4.69, 9.17) is 4.74 Å². The minimum absolute atomic E-state index is 0. The van der Waals surface area contributed by atoms with E-state index in [0.29, 0.717) is 6.54 Å². The molecule has 0 bridgehead atoms. The molecule has 1 saturated heterocycles. The predicted molar refractivity (Wildman–Crippen MR) is 77.6 cm³/mol. The molecular weight excluding hydrogens is 280 g/mol. The van der Waals surface area contributed by atoms with Crippen molar-refractivity contribution in [2.75, 3.05) is 20.2 Å². The van der Waals surface area contributed by atoms with Gasteiger partial charge in [-0.05, 0) is 18.5 Å². The standard InChI is InChI=1S/C14H18N2O3.ClH/c1-19-14(18)12(10-5-3-2-4-6-10)16-13(17)11-7-8-15-9-11;/h2-6,11-12,15H,7-9H2,1H3,(H,16,17);1H. The number of rotatable bonds is 4. The van der Waals surface area contributed by atoms with Crippen LogP contribution in [-0.4, -0.2) is 32.1 Å². The SMILES string of the molecule is COC(=O)C(NC(=O)C1CCNC1)c1ccccc1.Cl. The van der Waals surface area contributed by atoms with Gasteiger partial charge in [0.25, 0.3) is 0 Å². The van der Waals surface area contributed by atoms with Crippen LogP contribution in [-0.2, 0) is 14.3 Å². The first-order valence-corrected chi connectivity index (χ1v) is 6.36. The van der Waals surface area contributed by atoms with Gasteiger partial charge in [-0.2, -0.15) is 0 Å². The first kappa shape index (κ1) is 16.5. The van der Waals surface area contributed by atoms with Crippen molar-refractivity contribution in [1.82, 2.24) is 10.6 Å². The van der Waals surface area contributed by atoms with Crippen molar-refractivity contribution >= 4 is 24.3 Å². The molecule has 5 nitrogen and oxygen atoms in total. The smallest absolute Gasteiger partial charge is 0.333 e. The maximum atomic E-state index is 12.1. The van der Waals surface area contributed by atoms with Gasteiger partial charge in [-0.1, -0.05) is 30.3 Å². The normalized spacial score (nSPS) is 18.8. The second-order valence-electron chi connectivity index (χ2n) is 4.57. The maximum absolute atomic E-state index is 12.1. The Bertz CT molecular complexity index is 447. The van der Waals surface area contributed by atoms with Crippen molar-refractivity contribution in [3.8, 4) is 0 Å². The molecule has 1 aliphatic rings.